The maximum atomic E-state index is 12.9. The Labute approximate surface area is 101 Å². The molecule has 0 saturated heterocycles. The van der Waals surface area contributed by atoms with Crippen LogP contribution in [0.4, 0.5) is 4.39 Å². The Hall–Kier alpha value is -1.64. The third-order valence-corrected chi connectivity index (χ3v) is 3.00. The van der Waals surface area contributed by atoms with Crippen molar-refractivity contribution >= 4 is 5.91 Å². The van der Waals surface area contributed by atoms with Crippen LogP contribution in [0.3, 0.4) is 0 Å². The Morgan fingerprint density at radius 2 is 2.29 bits per heavy atom. The molecular weight excluding hydrogens is 217 g/mol. The first-order chi connectivity index (χ1) is 8.25. The van der Waals surface area contributed by atoms with E-state index < -0.39 is 0 Å². The minimum Gasteiger partial charge on any atom is -0.352 e. The molecule has 1 unspecified atom stereocenters. The fourth-order valence-corrected chi connectivity index (χ4v) is 2.01. The number of halogens is 1. The molecule has 0 aliphatic heterocycles. The summed E-state index contributed by atoms with van der Waals surface area (Å²) in [6, 6.07) is 6.31. The average molecular weight is 233 g/mol. The van der Waals surface area contributed by atoms with Gasteiger partial charge in [0.25, 0.3) is 0 Å². The molecular formula is C14H16FNO. The number of benzene rings is 1. The normalized spacial score (nSPS) is 19.0. The Morgan fingerprint density at radius 3 is 3.00 bits per heavy atom. The van der Waals surface area contributed by atoms with Gasteiger partial charge in [0, 0.05) is 12.5 Å². The van der Waals surface area contributed by atoms with E-state index in [1.165, 1.54) is 12.1 Å². The van der Waals surface area contributed by atoms with Crippen LogP contribution < -0.4 is 5.32 Å². The van der Waals surface area contributed by atoms with E-state index in [-0.39, 0.29) is 17.6 Å². The molecule has 0 aromatic heterocycles. The van der Waals surface area contributed by atoms with E-state index in [9.17, 15) is 9.18 Å². The molecule has 2 nitrogen and oxygen atoms in total. The van der Waals surface area contributed by atoms with Gasteiger partial charge in [0.15, 0.2) is 0 Å². The molecule has 1 aliphatic rings. The summed E-state index contributed by atoms with van der Waals surface area (Å²) in [7, 11) is 0. The zero-order chi connectivity index (χ0) is 12.1. The minimum atomic E-state index is -0.266. The summed E-state index contributed by atoms with van der Waals surface area (Å²) in [6.45, 7) is 0.400. The predicted molar refractivity (Wildman–Crippen MR) is 64.7 cm³/mol. The minimum absolute atomic E-state index is 0.0682. The maximum absolute atomic E-state index is 12.9. The van der Waals surface area contributed by atoms with E-state index >= 15 is 0 Å². The molecule has 2 rings (SSSR count). The van der Waals surface area contributed by atoms with Gasteiger partial charge in [-0.25, -0.2) is 4.39 Å². The Balaban J connectivity index is 1.85. The molecule has 1 aromatic rings. The van der Waals surface area contributed by atoms with Crippen LogP contribution >= 0.6 is 0 Å². The van der Waals surface area contributed by atoms with E-state index in [0.29, 0.717) is 6.54 Å². The van der Waals surface area contributed by atoms with Gasteiger partial charge in [0.1, 0.15) is 5.82 Å². The molecule has 0 bridgehead atoms. The van der Waals surface area contributed by atoms with Crippen LogP contribution in [0.15, 0.2) is 36.4 Å². The number of carbonyl (C=O) groups excluding carboxylic acids is 1. The molecule has 17 heavy (non-hydrogen) atoms. The largest absolute Gasteiger partial charge is 0.352 e. The SMILES string of the molecule is O=C(NCc1cccc(F)c1)C1CC=CCC1. The van der Waals surface area contributed by atoms with Crippen LogP contribution in [-0.2, 0) is 11.3 Å². The van der Waals surface area contributed by atoms with E-state index in [0.717, 1.165) is 24.8 Å². The number of carbonyl (C=O) groups is 1. The standard InChI is InChI=1S/C14H16FNO/c15-13-8-4-5-11(9-13)10-16-14(17)12-6-2-1-3-7-12/h1-2,4-5,8-9,12H,3,6-7,10H2,(H,16,17). The van der Waals surface area contributed by atoms with Crippen LogP contribution in [-0.4, -0.2) is 5.91 Å². The van der Waals surface area contributed by atoms with E-state index in [2.05, 4.69) is 17.5 Å². The summed E-state index contributed by atoms with van der Waals surface area (Å²) in [5.74, 6) is -0.121. The van der Waals surface area contributed by atoms with Crippen molar-refractivity contribution in [2.45, 2.75) is 25.8 Å². The first-order valence-corrected chi connectivity index (χ1v) is 5.93. The van der Waals surface area contributed by atoms with Crippen molar-refractivity contribution < 1.29 is 9.18 Å². The lowest BCUT2D eigenvalue weighted by atomic mass is 9.93. The third-order valence-electron chi connectivity index (χ3n) is 3.00. The predicted octanol–water partition coefficient (Wildman–Crippen LogP) is 2.80. The van der Waals surface area contributed by atoms with Crippen molar-refractivity contribution in [1.82, 2.24) is 5.32 Å². The van der Waals surface area contributed by atoms with E-state index in [1.54, 1.807) is 6.07 Å². The van der Waals surface area contributed by atoms with Gasteiger partial charge in [0.05, 0.1) is 0 Å². The number of nitrogens with one attached hydrogen (secondary N) is 1. The molecule has 0 fully saturated rings. The highest BCUT2D eigenvalue weighted by Gasteiger charge is 2.17. The van der Waals surface area contributed by atoms with Crippen molar-refractivity contribution in [3.63, 3.8) is 0 Å². The molecule has 1 atom stereocenters. The van der Waals surface area contributed by atoms with E-state index in [4.69, 9.17) is 0 Å². The van der Waals surface area contributed by atoms with Gasteiger partial charge in [-0.2, -0.15) is 0 Å². The van der Waals surface area contributed by atoms with Crippen LogP contribution in [0.1, 0.15) is 24.8 Å². The first-order valence-electron chi connectivity index (χ1n) is 5.93. The molecule has 90 valence electrons. The summed E-state index contributed by atoms with van der Waals surface area (Å²) in [6.07, 6.45) is 6.85. The topological polar surface area (TPSA) is 29.1 Å². The van der Waals surface area contributed by atoms with Crippen LogP contribution in [0.2, 0.25) is 0 Å². The van der Waals surface area contributed by atoms with Crippen molar-refractivity contribution in [3.05, 3.63) is 47.8 Å². The third kappa shape index (κ3) is 3.41. The van der Waals surface area contributed by atoms with Crippen LogP contribution in [0.5, 0.6) is 0 Å². The molecule has 1 amide bonds. The second-order valence-electron chi connectivity index (χ2n) is 4.33. The van der Waals surface area contributed by atoms with Crippen molar-refractivity contribution in [2.75, 3.05) is 0 Å². The average Bonchev–Trinajstić information content (AvgIpc) is 2.37. The highest BCUT2D eigenvalue weighted by Crippen LogP contribution is 2.18. The lowest BCUT2D eigenvalue weighted by molar-refractivity contribution is -0.125. The van der Waals surface area contributed by atoms with Gasteiger partial charge < -0.3 is 5.32 Å². The molecule has 0 spiro atoms. The lowest BCUT2D eigenvalue weighted by Gasteiger charge is -2.17. The number of hydrogen-bond acceptors (Lipinski definition) is 1. The second-order valence-corrected chi connectivity index (χ2v) is 4.33. The molecule has 0 saturated carbocycles. The van der Waals surface area contributed by atoms with Crippen molar-refractivity contribution in [2.24, 2.45) is 5.92 Å². The van der Waals surface area contributed by atoms with Gasteiger partial charge in [-0.1, -0.05) is 24.3 Å². The van der Waals surface area contributed by atoms with Crippen molar-refractivity contribution in [3.8, 4) is 0 Å². The van der Waals surface area contributed by atoms with Crippen LogP contribution in [0.25, 0.3) is 0 Å². The Kier molecular flexibility index (Phi) is 3.91. The highest BCUT2D eigenvalue weighted by atomic mass is 19.1. The monoisotopic (exact) mass is 233 g/mol. The molecule has 1 aromatic carbocycles. The number of allylic oxidation sites excluding steroid dienone is 2. The molecule has 1 N–H and O–H groups in total. The Morgan fingerprint density at radius 1 is 1.41 bits per heavy atom. The van der Waals surface area contributed by atoms with Crippen LogP contribution in [0, 0.1) is 11.7 Å². The second kappa shape index (κ2) is 5.62. The summed E-state index contributed by atoms with van der Waals surface area (Å²) in [4.78, 5) is 11.8. The first kappa shape index (κ1) is 11.8. The summed E-state index contributed by atoms with van der Waals surface area (Å²) < 4.78 is 12.9. The zero-order valence-corrected chi connectivity index (χ0v) is 9.66. The van der Waals surface area contributed by atoms with E-state index in [1.807, 2.05) is 6.07 Å². The summed E-state index contributed by atoms with van der Waals surface area (Å²) in [5.41, 5.74) is 0.796. The Bertz CT molecular complexity index is 428. The van der Waals surface area contributed by atoms with Gasteiger partial charge >= 0.3 is 0 Å². The van der Waals surface area contributed by atoms with Crippen molar-refractivity contribution in [1.29, 1.82) is 0 Å². The smallest absolute Gasteiger partial charge is 0.223 e. The van der Waals surface area contributed by atoms with Gasteiger partial charge in [0.2, 0.25) is 5.91 Å². The number of hydrogen-bond donors (Lipinski definition) is 1. The molecule has 3 heteroatoms. The van der Waals surface area contributed by atoms with Gasteiger partial charge in [-0.3, -0.25) is 4.79 Å². The highest BCUT2D eigenvalue weighted by molar-refractivity contribution is 5.78. The fraction of sp³-hybridized carbons (Fsp3) is 0.357. The van der Waals surface area contributed by atoms with Gasteiger partial charge in [-0.15, -0.1) is 0 Å². The van der Waals surface area contributed by atoms with Gasteiger partial charge in [-0.05, 0) is 37.0 Å². The molecule has 1 aliphatic carbocycles. The summed E-state index contributed by atoms with van der Waals surface area (Å²) in [5, 5.41) is 2.86. The summed E-state index contributed by atoms with van der Waals surface area (Å²) >= 11 is 0. The number of rotatable bonds is 3. The number of amides is 1. The maximum Gasteiger partial charge on any atom is 0.223 e. The lowest BCUT2D eigenvalue weighted by Crippen LogP contribution is -2.30. The molecule has 0 heterocycles. The quantitative estimate of drug-likeness (QED) is 0.799. The fourth-order valence-electron chi connectivity index (χ4n) is 2.01. The molecule has 0 radical (unpaired) electrons. The zero-order valence-electron chi connectivity index (χ0n) is 9.66.